The number of hydrogen-bond donors (Lipinski definition) is 2. The van der Waals surface area contributed by atoms with E-state index in [1.165, 1.54) is 0 Å². The number of nitriles is 1. The van der Waals surface area contributed by atoms with Crippen molar-refractivity contribution in [1.29, 1.82) is 5.26 Å². The molecule has 0 spiro atoms. The molecule has 1 atom stereocenters. The highest BCUT2D eigenvalue weighted by molar-refractivity contribution is 5.26. The Hall–Kier alpha value is -1.51. The van der Waals surface area contributed by atoms with Crippen molar-refractivity contribution in [3.8, 4) is 6.07 Å². The topological polar surface area (TPSA) is 56.0 Å². The largest absolute Gasteiger partial charge is 0.396 e. The van der Waals surface area contributed by atoms with Gasteiger partial charge >= 0.3 is 0 Å². The lowest BCUT2D eigenvalue weighted by atomic mass is 10.1. The van der Waals surface area contributed by atoms with Gasteiger partial charge in [0.15, 0.2) is 0 Å². The van der Waals surface area contributed by atoms with Gasteiger partial charge in [0.1, 0.15) is 17.7 Å². The van der Waals surface area contributed by atoms with Crippen LogP contribution in [0.4, 0.5) is 8.78 Å². The summed E-state index contributed by atoms with van der Waals surface area (Å²) in [6, 6.07) is 3.93. The third-order valence-corrected chi connectivity index (χ3v) is 2.08. The van der Waals surface area contributed by atoms with Crippen LogP contribution >= 0.6 is 0 Å². The molecule has 0 saturated heterocycles. The zero-order valence-electron chi connectivity index (χ0n) is 8.58. The number of halogens is 2. The maximum atomic E-state index is 13.3. The van der Waals surface area contributed by atoms with Gasteiger partial charge < -0.3 is 5.11 Å². The molecule has 0 amide bonds. The maximum Gasteiger partial charge on any atom is 0.129 e. The minimum absolute atomic E-state index is 0.0135. The van der Waals surface area contributed by atoms with Crippen LogP contribution in [0.2, 0.25) is 0 Å². The van der Waals surface area contributed by atoms with Crippen LogP contribution in [-0.2, 0) is 0 Å². The molecule has 16 heavy (non-hydrogen) atoms. The quantitative estimate of drug-likeness (QED) is 0.748. The molecule has 5 heteroatoms. The van der Waals surface area contributed by atoms with Gasteiger partial charge in [-0.3, -0.25) is 5.32 Å². The molecule has 0 aliphatic rings. The number of nitrogens with zero attached hydrogens (tertiary/aromatic N) is 1. The van der Waals surface area contributed by atoms with Crippen LogP contribution in [0.3, 0.4) is 0 Å². The second-order valence-corrected chi connectivity index (χ2v) is 3.26. The van der Waals surface area contributed by atoms with Gasteiger partial charge in [-0.05, 0) is 31.2 Å². The Morgan fingerprint density at radius 1 is 1.44 bits per heavy atom. The summed E-state index contributed by atoms with van der Waals surface area (Å²) < 4.78 is 26.2. The normalized spacial score (nSPS) is 12.1. The van der Waals surface area contributed by atoms with Crippen LogP contribution in [0.5, 0.6) is 0 Å². The summed E-state index contributed by atoms with van der Waals surface area (Å²) in [7, 11) is 0. The van der Waals surface area contributed by atoms with Crippen LogP contribution < -0.4 is 5.32 Å². The zero-order valence-corrected chi connectivity index (χ0v) is 8.58. The average molecular weight is 226 g/mol. The van der Waals surface area contributed by atoms with Crippen molar-refractivity contribution < 1.29 is 13.9 Å². The van der Waals surface area contributed by atoms with E-state index in [2.05, 4.69) is 5.32 Å². The third kappa shape index (κ3) is 3.26. The van der Waals surface area contributed by atoms with E-state index in [0.717, 1.165) is 18.2 Å². The summed E-state index contributed by atoms with van der Waals surface area (Å²) in [5.41, 5.74) is -0.0135. The fraction of sp³-hybridized carbons (Fsp3) is 0.364. The lowest BCUT2D eigenvalue weighted by Gasteiger charge is -2.12. The molecule has 1 rings (SSSR count). The first-order chi connectivity index (χ1) is 7.69. The van der Waals surface area contributed by atoms with Crippen molar-refractivity contribution in [2.75, 3.05) is 13.2 Å². The molecular weight excluding hydrogens is 214 g/mol. The Morgan fingerprint density at radius 3 is 2.81 bits per heavy atom. The monoisotopic (exact) mass is 226 g/mol. The lowest BCUT2D eigenvalue weighted by molar-refractivity contribution is 0.285. The molecular formula is C11H12F2N2O. The Bertz CT molecular complexity index is 390. The number of rotatable bonds is 5. The van der Waals surface area contributed by atoms with E-state index < -0.39 is 17.7 Å². The van der Waals surface area contributed by atoms with Crippen molar-refractivity contribution in [3.05, 3.63) is 35.4 Å². The molecule has 0 aliphatic carbocycles. The highest BCUT2D eigenvalue weighted by atomic mass is 19.1. The molecule has 0 heterocycles. The number of benzene rings is 1. The van der Waals surface area contributed by atoms with Crippen LogP contribution in [0.25, 0.3) is 0 Å². The minimum Gasteiger partial charge on any atom is -0.396 e. The third-order valence-electron chi connectivity index (χ3n) is 2.08. The zero-order chi connectivity index (χ0) is 12.0. The van der Waals surface area contributed by atoms with E-state index in [-0.39, 0.29) is 12.2 Å². The van der Waals surface area contributed by atoms with Gasteiger partial charge in [-0.1, -0.05) is 0 Å². The molecule has 0 aliphatic heterocycles. The molecule has 0 radical (unpaired) electrons. The van der Waals surface area contributed by atoms with E-state index >= 15 is 0 Å². The number of nitrogens with one attached hydrogen (secondary N) is 1. The molecule has 0 saturated carbocycles. The predicted molar refractivity (Wildman–Crippen MR) is 54.4 cm³/mol. The Balaban J connectivity index is 2.79. The molecule has 0 aromatic heterocycles. The van der Waals surface area contributed by atoms with Crippen molar-refractivity contribution in [2.24, 2.45) is 0 Å². The van der Waals surface area contributed by atoms with E-state index in [4.69, 9.17) is 10.4 Å². The molecule has 86 valence electrons. The van der Waals surface area contributed by atoms with E-state index in [9.17, 15) is 8.78 Å². The van der Waals surface area contributed by atoms with Gasteiger partial charge in [-0.15, -0.1) is 0 Å². The highest BCUT2D eigenvalue weighted by Crippen LogP contribution is 2.17. The summed E-state index contributed by atoms with van der Waals surface area (Å²) in [5.74, 6) is -1.20. The number of aliphatic hydroxyl groups is 1. The molecule has 2 N–H and O–H groups in total. The van der Waals surface area contributed by atoms with Gasteiger partial charge in [0.05, 0.1) is 6.07 Å². The van der Waals surface area contributed by atoms with E-state index in [1.54, 1.807) is 0 Å². The lowest BCUT2D eigenvalue weighted by Crippen LogP contribution is -2.22. The number of aliphatic hydroxyl groups excluding tert-OH is 1. The Labute approximate surface area is 92.3 Å². The van der Waals surface area contributed by atoms with Gasteiger partial charge in [-0.25, -0.2) is 8.78 Å². The van der Waals surface area contributed by atoms with Crippen molar-refractivity contribution in [1.82, 2.24) is 5.32 Å². The minimum atomic E-state index is -0.901. The van der Waals surface area contributed by atoms with E-state index in [1.807, 2.05) is 6.07 Å². The second-order valence-electron chi connectivity index (χ2n) is 3.26. The first-order valence-electron chi connectivity index (χ1n) is 4.88. The van der Waals surface area contributed by atoms with Gasteiger partial charge in [0, 0.05) is 12.2 Å². The average Bonchev–Trinajstić information content (AvgIpc) is 2.28. The Kier molecular flexibility index (Phi) is 4.83. The molecule has 1 aromatic rings. The Morgan fingerprint density at radius 2 is 2.19 bits per heavy atom. The summed E-state index contributed by atoms with van der Waals surface area (Å²) in [6.45, 7) is 0.349. The maximum absolute atomic E-state index is 13.3. The van der Waals surface area contributed by atoms with Crippen LogP contribution in [0.15, 0.2) is 18.2 Å². The molecule has 3 nitrogen and oxygen atoms in total. The fourth-order valence-electron chi connectivity index (χ4n) is 1.29. The predicted octanol–water partition coefficient (Wildman–Crippen LogP) is 1.50. The summed E-state index contributed by atoms with van der Waals surface area (Å²) in [4.78, 5) is 0. The molecule has 1 unspecified atom stereocenters. The van der Waals surface area contributed by atoms with Gasteiger partial charge in [0.25, 0.3) is 0 Å². The smallest absolute Gasteiger partial charge is 0.129 e. The SMILES string of the molecule is N#CC(NCCCO)c1cc(F)ccc1F. The summed E-state index contributed by atoms with van der Waals surface area (Å²) in [6.07, 6.45) is 0.453. The molecule has 1 aromatic carbocycles. The number of hydrogen-bond acceptors (Lipinski definition) is 3. The summed E-state index contributed by atoms with van der Waals surface area (Å²) >= 11 is 0. The first-order valence-corrected chi connectivity index (χ1v) is 4.88. The molecule has 0 fully saturated rings. The standard InChI is InChI=1S/C11H12F2N2O/c12-8-2-3-10(13)9(6-8)11(7-14)15-4-1-5-16/h2-3,6,11,15-16H,1,4-5H2. The highest BCUT2D eigenvalue weighted by Gasteiger charge is 2.15. The molecule has 0 bridgehead atoms. The van der Waals surface area contributed by atoms with Gasteiger partial charge in [0.2, 0.25) is 0 Å². The fourth-order valence-corrected chi connectivity index (χ4v) is 1.29. The second kappa shape index (κ2) is 6.16. The van der Waals surface area contributed by atoms with Crippen LogP contribution in [0.1, 0.15) is 18.0 Å². The van der Waals surface area contributed by atoms with Gasteiger partial charge in [-0.2, -0.15) is 5.26 Å². The first kappa shape index (κ1) is 12.6. The summed E-state index contributed by atoms with van der Waals surface area (Å²) in [5, 5.41) is 20.1. The van der Waals surface area contributed by atoms with E-state index in [0.29, 0.717) is 13.0 Å². The van der Waals surface area contributed by atoms with Crippen molar-refractivity contribution in [3.63, 3.8) is 0 Å². The van der Waals surface area contributed by atoms with Crippen molar-refractivity contribution in [2.45, 2.75) is 12.5 Å². The van der Waals surface area contributed by atoms with Crippen molar-refractivity contribution >= 4 is 0 Å². The van der Waals surface area contributed by atoms with Crippen LogP contribution in [0, 0.1) is 23.0 Å². The van der Waals surface area contributed by atoms with Crippen LogP contribution in [-0.4, -0.2) is 18.3 Å².